The van der Waals surface area contributed by atoms with Gasteiger partial charge in [-0.3, -0.25) is 9.59 Å². The Kier molecular flexibility index (Phi) is 5.15. The Morgan fingerprint density at radius 3 is 2.65 bits per heavy atom. The van der Waals surface area contributed by atoms with Crippen LogP contribution < -0.4 is 9.47 Å². The van der Waals surface area contributed by atoms with Crippen molar-refractivity contribution < 1.29 is 23.8 Å². The highest BCUT2D eigenvalue weighted by Crippen LogP contribution is 2.45. The quantitative estimate of drug-likeness (QED) is 0.706. The summed E-state index contributed by atoms with van der Waals surface area (Å²) in [5, 5.41) is 9.38. The van der Waals surface area contributed by atoms with E-state index in [1.807, 2.05) is 44.2 Å². The van der Waals surface area contributed by atoms with Crippen molar-refractivity contribution in [3.63, 3.8) is 0 Å². The smallest absolute Gasteiger partial charge is 0.303 e. The van der Waals surface area contributed by atoms with Crippen LogP contribution in [0.15, 0.2) is 60.4 Å². The second-order valence-electron chi connectivity index (χ2n) is 8.04. The number of nitrogens with zero attached hydrogens (tertiary/aromatic N) is 2. The molecule has 2 aromatic rings. The van der Waals surface area contributed by atoms with Gasteiger partial charge in [0.1, 0.15) is 28.9 Å². The molecule has 0 aliphatic carbocycles. The van der Waals surface area contributed by atoms with E-state index in [9.17, 15) is 14.9 Å². The molecule has 1 amide bonds. The molecule has 0 radical (unpaired) electrons. The number of benzene rings is 2. The minimum atomic E-state index is -0.902. The van der Waals surface area contributed by atoms with Gasteiger partial charge in [-0.25, -0.2) is 0 Å². The molecule has 7 nitrogen and oxygen atoms in total. The molecular formula is C24H22N2O5. The lowest BCUT2D eigenvalue weighted by atomic mass is 9.84. The van der Waals surface area contributed by atoms with E-state index in [0.717, 1.165) is 0 Å². The first-order chi connectivity index (χ1) is 14.8. The van der Waals surface area contributed by atoms with Crippen LogP contribution in [0.5, 0.6) is 11.5 Å². The number of ether oxygens (including phenoxy) is 3. The number of esters is 1. The lowest BCUT2D eigenvalue weighted by Gasteiger charge is -2.46. The topological polar surface area (TPSA) is 88.9 Å². The minimum absolute atomic E-state index is 0.197. The van der Waals surface area contributed by atoms with Gasteiger partial charge in [0, 0.05) is 18.6 Å². The van der Waals surface area contributed by atoms with Gasteiger partial charge in [0.15, 0.2) is 6.10 Å². The van der Waals surface area contributed by atoms with E-state index in [4.69, 9.17) is 14.2 Å². The van der Waals surface area contributed by atoms with Gasteiger partial charge in [-0.05, 0) is 44.2 Å². The van der Waals surface area contributed by atoms with Crippen LogP contribution in [0.1, 0.15) is 37.9 Å². The summed E-state index contributed by atoms with van der Waals surface area (Å²) in [6.45, 7) is 5.14. The van der Waals surface area contributed by atoms with Crippen LogP contribution in [0.25, 0.3) is 0 Å². The van der Waals surface area contributed by atoms with Crippen molar-refractivity contribution in [3.8, 4) is 17.6 Å². The number of rotatable bonds is 4. The fraction of sp³-hybridized carbons (Fsp3) is 0.292. The average molecular weight is 418 g/mol. The molecule has 0 N–H and O–H groups in total. The highest BCUT2D eigenvalue weighted by atomic mass is 16.6. The standard InChI is InChI=1S/C24H22N2O5/c1-15(27)29-23-22(19-11-16(13-25)9-10-20(19)31-24(23,2)3)26-14-18(12-21(26)28)30-17-7-5-4-6-8-17/h4-12,22-23H,14H2,1-3H3. The van der Waals surface area contributed by atoms with Crippen molar-refractivity contribution in [2.45, 2.75) is 38.5 Å². The van der Waals surface area contributed by atoms with Crippen molar-refractivity contribution in [1.82, 2.24) is 4.90 Å². The molecule has 0 saturated carbocycles. The van der Waals surface area contributed by atoms with E-state index < -0.39 is 23.7 Å². The number of hydrogen-bond donors (Lipinski definition) is 0. The summed E-state index contributed by atoms with van der Waals surface area (Å²) in [5.41, 5.74) is 0.141. The molecule has 2 aliphatic rings. The number of fused-ring (bicyclic) bond motifs is 1. The highest BCUT2D eigenvalue weighted by Gasteiger charge is 2.50. The maximum atomic E-state index is 13.0. The summed E-state index contributed by atoms with van der Waals surface area (Å²) in [7, 11) is 0. The Morgan fingerprint density at radius 2 is 1.97 bits per heavy atom. The molecule has 0 aromatic heterocycles. The SMILES string of the molecule is CC(=O)OC1C(N2CC(Oc3ccccc3)=CC2=O)c2cc(C#N)ccc2OC1(C)C. The van der Waals surface area contributed by atoms with Crippen LogP contribution in [-0.4, -0.2) is 35.0 Å². The predicted molar refractivity (Wildman–Crippen MR) is 111 cm³/mol. The van der Waals surface area contributed by atoms with Crippen molar-refractivity contribution in [2.24, 2.45) is 0 Å². The van der Waals surface area contributed by atoms with E-state index in [-0.39, 0.29) is 12.5 Å². The lowest BCUT2D eigenvalue weighted by molar-refractivity contribution is -0.171. The van der Waals surface area contributed by atoms with E-state index >= 15 is 0 Å². The molecule has 0 spiro atoms. The predicted octanol–water partition coefficient (Wildman–Crippen LogP) is 3.51. The van der Waals surface area contributed by atoms with Crippen molar-refractivity contribution in [2.75, 3.05) is 6.54 Å². The summed E-state index contributed by atoms with van der Waals surface area (Å²) in [5.74, 6) is 0.910. The fourth-order valence-electron chi connectivity index (χ4n) is 3.99. The Bertz CT molecular complexity index is 1100. The summed E-state index contributed by atoms with van der Waals surface area (Å²) >= 11 is 0. The maximum absolute atomic E-state index is 13.0. The first-order valence-electron chi connectivity index (χ1n) is 9.93. The van der Waals surface area contributed by atoms with Crippen LogP contribution in [0.2, 0.25) is 0 Å². The van der Waals surface area contributed by atoms with Gasteiger partial charge in [0.2, 0.25) is 0 Å². The number of carbonyl (C=O) groups is 2. The van der Waals surface area contributed by atoms with Gasteiger partial charge < -0.3 is 19.1 Å². The lowest BCUT2D eigenvalue weighted by Crippen LogP contribution is -2.55. The zero-order valence-corrected chi connectivity index (χ0v) is 17.5. The van der Waals surface area contributed by atoms with Crippen molar-refractivity contribution in [3.05, 3.63) is 71.5 Å². The first kappa shape index (κ1) is 20.5. The Balaban J connectivity index is 1.72. The molecule has 2 unspecified atom stereocenters. The zero-order chi connectivity index (χ0) is 22.2. The van der Waals surface area contributed by atoms with E-state index in [1.54, 1.807) is 23.1 Å². The van der Waals surface area contributed by atoms with E-state index in [0.29, 0.717) is 28.4 Å². The van der Waals surface area contributed by atoms with Crippen molar-refractivity contribution >= 4 is 11.9 Å². The largest absolute Gasteiger partial charge is 0.484 e. The van der Waals surface area contributed by atoms with E-state index in [1.165, 1.54) is 13.0 Å². The Labute approximate surface area is 180 Å². The molecular weight excluding hydrogens is 396 g/mol. The number of hydrogen-bond acceptors (Lipinski definition) is 6. The molecule has 0 bridgehead atoms. The molecule has 31 heavy (non-hydrogen) atoms. The summed E-state index contributed by atoms with van der Waals surface area (Å²) < 4.78 is 17.6. The normalized spacial score (nSPS) is 21.4. The molecule has 7 heteroatoms. The zero-order valence-electron chi connectivity index (χ0n) is 17.5. The number of nitriles is 1. The van der Waals surface area contributed by atoms with Crippen LogP contribution in [-0.2, 0) is 14.3 Å². The van der Waals surface area contributed by atoms with Gasteiger partial charge in [-0.1, -0.05) is 18.2 Å². The highest BCUT2D eigenvalue weighted by molar-refractivity contribution is 5.91. The van der Waals surface area contributed by atoms with Gasteiger partial charge >= 0.3 is 5.97 Å². The van der Waals surface area contributed by atoms with Crippen LogP contribution >= 0.6 is 0 Å². The third kappa shape index (κ3) is 3.97. The molecule has 0 saturated heterocycles. The van der Waals surface area contributed by atoms with Crippen LogP contribution in [0.3, 0.4) is 0 Å². The monoisotopic (exact) mass is 418 g/mol. The van der Waals surface area contributed by atoms with Crippen LogP contribution in [0.4, 0.5) is 0 Å². The molecule has 158 valence electrons. The van der Waals surface area contributed by atoms with Gasteiger partial charge in [-0.15, -0.1) is 0 Å². The third-order valence-corrected chi connectivity index (χ3v) is 5.32. The van der Waals surface area contributed by atoms with Crippen LogP contribution in [0, 0.1) is 11.3 Å². The van der Waals surface area contributed by atoms with E-state index in [2.05, 4.69) is 6.07 Å². The fourth-order valence-corrected chi connectivity index (χ4v) is 3.99. The average Bonchev–Trinajstić information content (AvgIpc) is 3.08. The Morgan fingerprint density at radius 1 is 1.23 bits per heavy atom. The third-order valence-electron chi connectivity index (χ3n) is 5.32. The molecule has 2 aliphatic heterocycles. The molecule has 2 heterocycles. The maximum Gasteiger partial charge on any atom is 0.303 e. The summed E-state index contributed by atoms with van der Waals surface area (Å²) in [6.07, 6.45) is 0.661. The Hall–Kier alpha value is -3.79. The van der Waals surface area contributed by atoms with Gasteiger partial charge in [0.25, 0.3) is 5.91 Å². The van der Waals surface area contributed by atoms with Gasteiger partial charge in [-0.2, -0.15) is 5.26 Å². The second kappa shape index (κ2) is 7.80. The molecule has 0 fully saturated rings. The molecule has 2 aromatic carbocycles. The molecule has 2 atom stereocenters. The minimum Gasteiger partial charge on any atom is -0.484 e. The summed E-state index contributed by atoms with van der Waals surface area (Å²) in [6, 6.07) is 15.7. The first-order valence-corrected chi connectivity index (χ1v) is 9.93. The number of amides is 1. The number of para-hydroxylation sites is 1. The van der Waals surface area contributed by atoms with Gasteiger partial charge in [0.05, 0.1) is 18.2 Å². The molecule has 4 rings (SSSR count). The summed E-state index contributed by atoms with van der Waals surface area (Å²) in [4.78, 5) is 26.5. The van der Waals surface area contributed by atoms with Crippen molar-refractivity contribution in [1.29, 1.82) is 5.26 Å². The number of carbonyl (C=O) groups excluding carboxylic acids is 2. The second-order valence-corrected chi connectivity index (χ2v) is 8.04.